The number of carbonyl (C=O) groups is 2. The molecule has 0 spiro atoms. The Morgan fingerprint density at radius 1 is 1.70 bits per heavy atom. The maximum absolute atomic E-state index is 10.8. The van der Waals surface area contributed by atoms with E-state index in [-0.39, 0.29) is 11.8 Å². The summed E-state index contributed by atoms with van der Waals surface area (Å²) in [6.45, 7) is 1.32. The first kappa shape index (κ1) is 7.25. The third-order valence-corrected chi connectivity index (χ3v) is 1.56. The molecular weight excluding hydrogens is 132 g/mol. The van der Waals surface area contributed by atoms with Gasteiger partial charge in [0.1, 0.15) is 0 Å². The number of Topliss-reactive ketones (excluding diaryl/α,β-unsaturated/α-hetero) is 1. The molecule has 0 heterocycles. The average Bonchev–Trinajstić information content (AvgIpc) is 2.15. The average molecular weight is 142 g/mol. The van der Waals surface area contributed by atoms with Gasteiger partial charge in [-0.05, 0) is 12.8 Å². The molecule has 1 aliphatic rings. The largest absolute Gasteiger partial charge is 0.455 e. The molecule has 3 heteroatoms. The van der Waals surface area contributed by atoms with Crippen LogP contribution in [-0.2, 0) is 14.3 Å². The molecular formula is C7H10O3. The first-order chi connectivity index (χ1) is 4.70. The molecule has 1 fully saturated rings. The predicted molar refractivity (Wildman–Crippen MR) is 34.4 cm³/mol. The van der Waals surface area contributed by atoms with Gasteiger partial charge in [0.15, 0.2) is 11.9 Å². The number of ketones is 1. The highest BCUT2D eigenvalue weighted by Crippen LogP contribution is 2.17. The van der Waals surface area contributed by atoms with Crippen LogP contribution in [-0.4, -0.2) is 17.9 Å². The van der Waals surface area contributed by atoms with E-state index in [1.54, 1.807) is 0 Å². The molecule has 0 aromatic carbocycles. The van der Waals surface area contributed by atoms with Crippen LogP contribution in [0, 0.1) is 0 Å². The molecule has 1 aliphatic carbocycles. The van der Waals surface area contributed by atoms with Gasteiger partial charge in [0, 0.05) is 13.3 Å². The number of hydrogen-bond donors (Lipinski definition) is 0. The van der Waals surface area contributed by atoms with Crippen molar-refractivity contribution in [2.75, 3.05) is 0 Å². The maximum Gasteiger partial charge on any atom is 0.303 e. The summed E-state index contributed by atoms with van der Waals surface area (Å²) in [6.07, 6.45) is 1.70. The second kappa shape index (κ2) is 2.82. The van der Waals surface area contributed by atoms with E-state index in [0.717, 1.165) is 6.42 Å². The molecule has 0 amide bonds. The van der Waals surface area contributed by atoms with Crippen molar-refractivity contribution in [3.8, 4) is 0 Å². The smallest absolute Gasteiger partial charge is 0.303 e. The summed E-state index contributed by atoms with van der Waals surface area (Å²) in [5.41, 5.74) is 0. The van der Waals surface area contributed by atoms with Crippen LogP contribution >= 0.6 is 0 Å². The van der Waals surface area contributed by atoms with Gasteiger partial charge < -0.3 is 4.74 Å². The van der Waals surface area contributed by atoms with Crippen LogP contribution in [0.5, 0.6) is 0 Å². The minimum absolute atomic E-state index is 0.0650. The number of ether oxygens (including phenoxy) is 1. The third-order valence-electron chi connectivity index (χ3n) is 1.56. The van der Waals surface area contributed by atoms with Gasteiger partial charge in [0.25, 0.3) is 0 Å². The SMILES string of the molecule is CC(=O)O[C@@H]1CCCC1=O. The zero-order valence-corrected chi connectivity index (χ0v) is 5.92. The van der Waals surface area contributed by atoms with Crippen LogP contribution in [0.2, 0.25) is 0 Å². The van der Waals surface area contributed by atoms with Crippen LogP contribution in [0.25, 0.3) is 0 Å². The van der Waals surface area contributed by atoms with Crippen molar-refractivity contribution < 1.29 is 14.3 Å². The molecule has 1 rings (SSSR count). The third kappa shape index (κ3) is 1.56. The number of esters is 1. The Hall–Kier alpha value is -0.860. The molecule has 56 valence electrons. The molecule has 1 atom stereocenters. The fourth-order valence-corrected chi connectivity index (χ4v) is 1.11. The molecule has 1 saturated carbocycles. The van der Waals surface area contributed by atoms with E-state index >= 15 is 0 Å². The molecule has 10 heavy (non-hydrogen) atoms. The minimum atomic E-state index is -0.433. The van der Waals surface area contributed by atoms with Crippen molar-refractivity contribution in [1.82, 2.24) is 0 Å². The lowest BCUT2D eigenvalue weighted by molar-refractivity contribution is -0.151. The van der Waals surface area contributed by atoms with Crippen LogP contribution < -0.4 is 0 Å². The normalized spacial score (nSPS) is 24.9. The summed E-state index contributed by atoms with van der Waals surface area (Å²) in [7, 11) is 0. The molecule has 0 unspecified atom stereocenters. The minimum Gasteiger partial charge on any atom is -0.455 e. The quantitative estimate of drug-likeness (QED) is 0.505. The zero-order valence-electron chi connectivity index (χ0n) is 5.92. The van der Waals surface area contributed by atoms with E-state index in [1.165, 1.54) is 6.92 Å². The maximum atomic E-state index is 10.8. The van der Waals surface area contributed by atoms with E-state index in [4.69, 9.17) is 4.74 Å². The Labute approximate surface area is 59.4 Å². The van der Waals surface area contributed by atoms with Crippen LogP contribution in [0.4, 0.5) is 0 Å². The molecule has 0 N–H and O–H groups in total. The van der Waals surface area contributed by atoms with Gasteiger partial charge in [-0.15, -0.1) is 0 Å². The summed E-state index contributed by atoms with van der Waals surface area (Å²) in [5.74, 6) is -0.296. The van der Waals surface area contributed by atoms with Crippen molar-refractivity contribution in [3.05, 3.63) is 0 Å². The molecule has 0 saturated heterocycles. The van der Waals surface area contributed by atoms with E-state index < -0.39 is 6.10 Å². The van der Waals surface area contributed by atoms with E-state index in [2.05, 4.69) is 0 Å². The Balaban J connectivity index is 2.40. The first-order valence-electron chi connectivity index (χ1n) is 3.40. The van der Waals surface area contributed by atoms with Crippen molar-refractivity contribution in [2.24, 2.45) is 0 Å². The Morgan fingerprint density at radius 3 is 2.80 bits per heavy atom. The second-order valence-electron chi connectivity index (χ2n) is 2.46. The lowest BCUT2D eigenvalue weighted by Gasteiger charge is -2.06. The van der Waals surface area contributed by atoms with Crippen molar-refractivity contribution in [2.45, 2.75) is 32.3 Å². The summed E-state index contributed by atoms with van der Waals surface area (Å²) in [5, 5.41) is 0. The highest BCUT2D eigenvalue weighted by atomic mass is 16.5. The monoisotopic (exact) mass is 142 g/mol. The van der Waals surface area contributed by atoms with Gasteiger partial charge in [-0.1, -0.05) is 0 Å². The lowest BCUT2D eigenvalue weighted by Crippen LogP contribution is -2.19. The number of carbonyl (C=O) groups excluding carboxylic acids is 2. The molecule has 0 radical (unpaired) electrons. The van der Waals surface area contributed by atoms with E-state index in [1.807, 2.05) is 0 Å². The number of hydrogen-bond acceptors (Lipinski definition) is 3. The fraction of sp³-hybridized carbons (Fsp3) is 0.714. The summed E-state index contributed by atoms with van der Waals surface area (Å²) >= 11 is 0. The predicted octanol–water partition coefficient (Wildman–Crippen LogP) is 0.671. The summed E-state index contributed by atoms with van der Waals surface area (Å²) < 4.78 is 4.73. The second-order valence-corrected chi connectivity index (χ2v) is 2.46. The van der Waals surface area contributed by atoms with Crippen molar-refractivity contribution in [1.29, 1.82) is 0 Å². The highest BCUT2D eigenvalue weighted by Gasteiger charge is 2.26. The van der Waals surface area contributed by atoms with Crippen LogP contribution in [0.1, 0.15) is 26.2 Å². The van der Waals surface area contributed by atoms with Crippen molar-refractivity contribution >= 4 is 11.8 Å². The summed E-state index contributed by atoms with van der Waals surface area (Å²) in [6, 6.07) is 0. The molecule has 0 aromatic heterocycles. The van der Waals surface area contributed by atoms with Gasteiger partial charge in [0.05, 0.1) is 0 Å². The summed E-state index contributed by atoms with van der Waals surface area (Å²) in [4.78, 5) is 21.2. The van der Waals surface area contributed by atoms with E-state index in [0.29, 0.717) is 12.8 Å². The first-order valence-corrected chi connectivity index (χ1v) is 3.40. The molecule has 0 bridgehead atoms. The highest BCUT2D eigenvalue weighted by molar-refractivity contribution is 5.86. The Kier molecular flexibility index (Phi) is 2.04. The molecule has 0 aromatic rings. The van der Waals surface area contributed by atoms with E-state index in [9.17, 15) is 9.59 Å². The van der Waals surface area contributed by atoms with Crippen LogP contribution in [0.3, 0.4) is 0 Å². The van der Waals surface area contributed by atoms with Gasteiger partial charge in [-0.2, -0.15) is 0 Å². The lowest BCUT2D eigenvalue weighted by atomic mass is 10.3. The standard InChI is InChI=1S/C7H10O3/c1-5(8)10-7-4-2-3-6(7)9/h7H,2-4H2,1H3/t7-/m1/s1. The topological polar surface area (TPSA) is 43.4 Å². The molecule has 0 aliphatic heterocycles. The van der Waals surface area contributed by atoms with Gasteiger partial charge in [-0.25, -0.2) is 0 Å². The fourth-order valence-electron chi connectivity index (χ4n) is 1.11. The van der Waals surface area contributed by atoms with Crippen molar-refractivity contribution in [3.63, 3.8) is 0 Å². The van der Waals surface area contributed by atoms with Gasteiger partial charge in [-0.3, -0.25) is 9.59 Å². The van der Waals surface area contributed by atoms with Gasteiger partial charge in [0.2, 0.25) is 0 Å². The molecule has 3 nitrogen and oxygen atoms in total. The van der Waals surface area contributed by atoms with Gasteiger partial charge >= 0.3 is 5.97 Å². The van der Waals surface area contributed by atoms with Crippen LogP contribution in [0.15, 0.2) is 0 Å². The Morgan fingerprint density at radius 2 is 2.40 bits per heavy atom. The Bertz CT molecular complexity index is 162. The zero-order chi connectivity index (χ0) is 7.56. The number of rotatable bonds is 1.